The summed E-state index contributed by atoms with van der Waals surface area (Å²) in [5.74, 6) is 0.888. The van der Waals surface area contributed by atoms with Crippen molar-refractivity contribution in [3.63, 3.8) is 0 Å². The molecule has 1 aliphatic rings. The standard InChI is InChI=1S/C14H19NO2/c1-3-14(15-8-10-17-11-9-15)12-4-6-13(16-2)7-5-12/h3-7,14H,1,8-11H2,2H3. The van der Waals surface area contributed by atoms with Crippen molar-refractivity contribution >= 4 is 0 Å². The topological polar surface area (TPSA) is 21.7 Å². The predicted octanol–water partition coefficient (Wildman–Crippen LogP) is 2.25. The molecule has 0 bridgehead atoms. The summed E-state index contributed by atoms with van der Waals surface area (Å²) in [5, 5.41) is 0. The Morgan fingerprint density at radius 2 is 1.94 bits per heavy atom. The molecule has 2 rings (SSSR count). The minimum Gasteiger partial charge on any atom is -0.497 e. The van der Waals surface area contributed by atoms with Crippen molar-refractivity contribution in [3.05, 3.63) is 42.5 Å². The van der Waals surface area contributed by atoms with E-state index in [4.69, 9.17) is 9.47 Å². The zero-order chi connectivity index (χ0) is 12.1. The third-order valence-electron chi connectivity index (χ3n) is 3.12. The van der Waals surface area contributed by atoms with Crippen LogP contribution in [-0.2, 0) is 4.74 Å². The molecule has 17 heavy (non-hydrogen) atoms. The Hall–Kier alpha value is -1.32. The van der Waals surface area contributed by atoms with Crippen molar-refractivity contribution in [3.8, 4) is 5.75 Å². The van der Waals surface area contributed by atoms with Gasteiger partial charge in [-0.3, -0.25) is 4.90 Å². The molecule has 92 valence electrons. The normalized spacial score (nSPS) is 18.6. The summed E-state index contributed by atoms with van der Waals surface area (Å²) in [6, 6.07) is 8.45. The van der Waals surface area contributed by atoms with Gasteiger partial charge in [0.2, 0.25) is 0 Å². The lowest BCUT2D eigenvalue weighted by atomic mass is 10.0. The van der Waals surface area contributed by atoms with Gasteiger partial charge in [-0.1, -0.05) is 18.2 Å². The van der Waals surface area contributed by atoms with E-state index in [9.17, 15) is 0 Å². The van der Waals surface area contributed by atoms with Crippen molar-refractivity contribution < 1.29 is 9.47 Å². The molecule has 1 fully saturated rings. The highest BCUT2D eigenvalue weighted by molar-refractivity contribution is 5.30. The summed E-state index contributed by atoms with van der Waals surface area (Å²) in [7, 11) is 1.68. The molecule has 3 nitrogen and oxygen atoms in total. The van der Waals surface area contributed by atoms with Crippen LogP contribution in [-0.4, -0.2) is 38.3 Å². The molecule has 0 N–H and O–H groups in total. The Kier molecular flexibility index (Phi) is 4.18. The van der Waals surface area contributed by atoms with Gasteiger partial charge in [0.1, 0.15) is 5.75 Å². The van der Waals surface area contributed by atoms with E-state index in [1.807, 2.05) is 18.2 Å². The van der Waals surface area contributed by atoms with Gasteiger partial charge in [0.05, 0.1) is 26.4 Å². The number of hydrogen-bond acceptors (Lipinski definition) is 3. The van der Waals surface area contributed by atoms with Crippen LogP contribution in [0.4, 0.5) is 0 Å². The highest BCUT2D eigenvalue weighted by Crippen LogP contribution is 2.24. The van der Waals surface area contributed by atoms with E-state index in [2.05, 4.69) is 23.6 Å². The van der Waals surface area contributed by atoms with Crippen LogP contribution in [0.15, 0.2) is 36.9 Å². The van der Waals surface area contributed by atoms with Gasteiger partial charge in [-0.15, -0.1) is 6.58 Å². The number of hydrogen-bond donors (Lipinski definition) is 0. The first kappa shape index (κ1) is 12.1. The van der Waals surface area contributed by atoms with Crippen molar-refractivity contribution in [1.82, 2.24) is 4.90 Å². The van der Waals surface area contributed by atoms with Crippen LogP contribution < -0.4 is 4.74 Å². The van der Waals surface area contributed by atoms with Crippen molar-refractivity contribution in [2.24, 2.45) is 0 Å². The molecule has 1 heterocycles. The van der Waals surface area contributed by atoms with Gasteiger partial charge in [-0.25, -0.2) is 0 Å². The molecule has 0 radical (unpaired) electrons. The molecule has 1 aromatic carbocycles. The van der Waals surface area contributed by atoms with Crippen LogP contribution in [0.5, 0.6) is 5.75 Å². The lowest BCUT2D eigenvalue weighted by Gasteiger charge is -2.33. The smallest absolute Gasteiger partial charge is 0.118 e. The first-order valence-corrected chi connectivity index (χ1v) is 5.93. The number of nitrogens with zero attached hydrogens (tertiary/aromatic N) is 1. The fraction of sp³-hybridized carbons (Fsp3) is 0.429. The number of ether oxygens (including phenoxy) is 2. The van der Waals surface area contributed by atoms with E-state index in [0.717, 1.165) is 32.1 Å². The molecule has 1 aromatic rings. The second kappa shape index (κ2) is 5.84. The monoisotopic (exact) mass is 233 g/mol. The average molecular weight is 233 g/mol. The number of rotatable bonds is 4. The second-order valence-corrected chi connectivity index (χ2v) is 4.10. The van der Waals surface area contributed by atoms with Crippen LogP contribution in [0.2, 0.25) is 0 Å². The number of benzene rings is 1. The Balaban J connectivity index is 2.12. The lowest BCUT2D eigenvalue weighted by Crippen LogP contribution is -2.38. The summed E-state index contributed by atoms with van der Waals surface area (Å²) in [6.07, 6.45) is 1.99. The van der Waals surface area contributed by atoms with Crippen LogP contribution in [0.3, 0.4) is 0 Å². The third-order valence-corrected chi connectivity index (χ3v) is 3.12. The van der Waals surface area contributed by atoms with E-state index in [1.165, 1.54) is 5.56 Å². The van der Waals surface area contributed by atoms with E-state index in [0.29, 0.717) is 0 Å². The van der Waals surface area contributed by atoms with Crippen LogP contribution in [0.1, 0.15) is 11.6 Å². The van der Waals surface area contributed by atoms with Gasteiger partial charge in [0.25, 0.3) is 0 Å². The number of morpholine rings is 1. The first-order valence-electron chi connectivity index (χ1n) is 5.93. The fourth-order valence-electron chi connectivity index (χ4n) is 2.15. The first-order chi connectivity index (χ1) is 8.35. The molecule has 0 spiro atoms. The van der Waals surface area contributed by atoms with Gasteiger partial charge < -0.3 is 9.47 Å². The Labute approximate surface area is 103 Å². The molecular formula is C14H19NO2. The highest BCUT2D eigenvalue weighted by atomic mass is 16.5. The maximum atomic E-state index is 5.37. The van der Waals surface area contributed by atoms with Gasteiger partial charge in [0, 0.05) is 13.1 Å². The van der Waals surface area contributed by atoms with Gasteiger partial charge in [-0.2, -0.15) is 0 Å². The van der Waals surface area contributed by atoms with Crippen LogP contribution in [0.25, 0.3) is 0 Å². The summed E-state index contributed by atoms with van der Waals surface area (Å²) in [5.41, 5.74) is 1.25. The van der Waals surface area contributed by atoms with Crippen LogP contribution >= 0.6 is 0 Å². The molecule has 0 aliphatic carbocycles. The zero-order valence-corrected chi connectivity index (χ0v) is 10.3. The van der Waals surface area contributed by atoms with Gasteiger partial charge in [-0.05, 0) is 17.7 Å². The van der Waals surface area contributed by atoms with Crippen molar-refractivity contribution in [2.45, 2.75) is 6.04 Å². The molecule has 3 heteroatoms. The molecule has 0 amide bonds. The average Bonchev–Trinajstić information content (AvgIpc) is 2.42. The van der Waals surface area contributed by atoms with Crippen molar-refractivity contribution in [2.75, 3.05) is 33.4 Å². The summed E-state index contributed by atoms with van der Waals surface area (Å²) >= 11 is 0. The highest BCUT2D eigenvalue weighted by Gasteiger charge is 2.19. The minimum absolute atomic E-state index is 0.268. The Bertz CT molecular complexity index is 355. The quantitative estimate of drug-likeness (QED) is 0.745. The van der Waals surface area contributed by atoms with Crippen LogP contribution in [0, 0.1) is 0 Å². The molecule has 1 atom stereocenters. The summed E-state index contributed by atoms with van der Waals surface area (Å²) < 4.78 is 10.5. The molecule has 1 aliphatic heterocycles. The molecular weight excluding hydrogens is 214 g/mol. The van der Waals surface area contributed by atoms with Gasteiger partial charge >= 0.3 is 0 Å². The summed E-state index contributed by atoms with van der Waals surface area (Å²) in [4.78, 5) is 2.39. The Morgan fingerprint density at radius 1 is 1.29 bits per heavy atom. The third kappa shape index (κ3) is 2.87. The molecule has 0 saturated carbocycles. The zero-order valence-electron chi connectivity index (χ0n) is 10.3. The summed E-state index contributed by atoms with van der Waals surface area (Å²) in [6.45, 7) is 7.48. The van der Waals surface area contributed by atoms with E-state index in [-0.39, 0.29) is 6.04 Å². The molecule has 1 saturated heterocycles. The maximum absolute atomic E-state index is 5.37. The van der Waals surface area contributed by atoms with Gasteiger partial charge in [0.15, 0.2) is 0 Å². The minimum atomic E-state index is 0.268. The van der Waals surface area contributed by atoms with Crippen molar-refractivity contribution in [1.29, 1.82) is 0 Å². The van der Waals surface area contributed by atoms with E-state index >= 15 is 0 Å². The SMILES string of the molecule is C=CC(c1ccc(OC)cc1)N1CCOCC1. The number of methoxy groups -OCH3 is 1. The fourth-order valence-corrected chi connectivity index (χ4v) is 2.15. The largest absolute Gasteiger partial charge is 0.497 e. The maximum Gasteiger partial charge on any atom is 0.118 e. The van der Waals surface area contributed by atoms with E-state index in [1.54, 1.807) is 7.11 Å². The molecule has 1 unspecified atom stereocenters. The lowest BCUT2D eigenvalue weighted by molar-refractivity contribution is 0.0253. The molecule has 0 aromatic heterocycles. The van der Waals surface area contributed by atoms with E-state index < -0.39 is 0 Å². The second-order valence-electron chi connectivity index (χ2n) is 4.10. The Morgan fingerprint density at radius 3 is 2.47 bits per heavy atom. The predicted molar refractivity (Wildman–Crippen MR) is 68.3 cm³/mol.